The van der Waals surface area contributed by atoms with Gasteiger partial charge < -0.3 is 4.90 Å². The number of benzene rings is 1. The van der Waals surface area contributed by atoms with Crippen LogP contribution in [0.3, 0.4) is 0 Å². The van der Waals surface area contributed by atoms with Crippen LogP contribution in [0.5, 0.6) is 0 Å². The average molecular weight is 338 g/mol. The number of nitrogens with zero attached hydrogens (tertiary/aromatic N) is 1. The molecule has 0 saturated carbocycles. The van der Waals surface area contributed by atoms with Gasteiger partial charge in [0, 0.05) is 12.2 Å². The topological polar surface area (TPSA) is 20.3 Å². The number of para-hydroxylation sites is 1. The zero-order chi connectivity index (χ0) is 16.8. The van der Waals surface area contributed by atoms with E-state index >= 15 is 0 Å². The summed E-state index contributed by atoms with van der Waals surface area (Å²) < 4.78 is 0. The average Bonchev–Trinajstić information content (AvgIpc) is 2.56. The summed E-state index contributed by atoms with van der Waals surface area (Å²) in [5.74, 6) is 0. The molecule has 130 valence electrons. The Bertz CT molecular complexity index is 407. The fourth-order valence-corrected chi connectivity index (χ4v) is 3.02. The summed E-state index contributed by atoms with van der Waals surface area (Å²) in [6, 6.07) is 10.1. The molecule has 0 aliphatic rings. The van der Waals surface area contributed by atoms with Gasteiger partial charge in [0.2, 0.25) is 5.24 Å². The van der Waals surface area contributed by atoms with Crippen LogP contribution in [-0.2, 0) is 4.79 Å². The van der Waals surface area contributed by atoms with E-state index in [-0.39, 0.29) is 5.24 Å². The Balaban J connectivity index is 2.12. The summed E-state index contributed by atoms with van der Waals surface area (Å²) in [7, 11) is 0. The Morgan fingerprint density at radius 2 is 1.39 bits per heavy atom. The lowest BCUT2D eigenvalue weighted by molar-refractivity contribution is -0.110. The van der Waals surface area contributed by atoms with E-state index in [1.807, 2.05) is 30.3 Å². The molecule has 1 aromatic rings. The van der Waals surface area contributed by atoms with Crippen LogP contribution in [0.4, 0.5) is 5.69 Å². The van der Waals surface area contributed by atoms with Crippen molar-refractivity contribution in [3.05, 3.63) is 30.3 Å². The molecular weight excluding hydrogens is 306 g/mol. The van der Waals surface area contributed by atoms with Crippen molar-refractivity contribution >= 4 is 22.5 Å². The van der Waals surface area contributed by atoms with Crippen LogP contribution in [0.25, 0.3) is 0 Å². The number of rotatable bonds is 14. The fraction of sp³-hybridized carbons (Fsp3) is 0.650. The molecule has 0 aromatic heterocycles. The predicted octanol–water partition coefficient (Wildman–Crippen LogP) is 6.18. The minimum absolute atomic E-state index is 0.291. The van der Waals surface area contributed by atoms with Crippen molar-refractivity contribution in [3.8, 4) is 0 Å². The van der Waals surface area contributed by atoms with Gasteiger partial charge in [-0.2, -0.15) is 0 Å². The number of anilines is 1. The highest BCUT2D eigenvalue weighted by atomic mass is 35.5. The number of hydrogen-bond donors (Lipinski definition) is 0. The molecule has 0 bridgehead atoms. The van der Waals surface area contributed by atoms with E-state index in [0.29, 0.717) is 6.54 Å². The molecule has 0 radical (unpaired) electrons. The van der Waals surface area contributed by atoms with Gasteiger partial charge in [0.15, 0.2) is 0 Å². The molecule has 2 nitrogen and oxygen atoms in total. The first-order valence-corrected chi connectivity index (χ1v) is 9.60. The van der Waals surface area contributed by atoms with Gasteiger partial charge in [-0.05, 0) is 30.2 Å². The second-order valence-electron chi connectivity index (χ2n) is 6.29. The highest BCUT2D eigenvalue weighted by molar-refractivity contribution is 6.64. The van der Waals surface area contributed by atoms with Crippen LogP contribution in [0, 0.1) is 0 Å². The van der Waals surface area contributed by atoms with Crippen LogP contribution in [0.2, 0.25) is 0 Å². The van der Waals surface area contributed by atoms with Crippen LogP contribution in [0.15, 0.2) is 30.3 Å². The van der Waals surface area contributed by atoms with Crippen molar-refractivity contribution in [1.82, 2.24) is 0 Å². The van der Waals surface area contributed by atoms with Crippen molar-refractivity contribution in [3.63, 3.8) is 0 Å². The van der Waals surface area contributed by atoms with E-state index in [9.17, 15) is 4.79 Å². The van der Waals surface area contributed by atoms with Gasteiger partial charge in [-0.3, -0.25) is 4.79 Å². The van der Waals surface area contributed by atoms with Crippen molar-refractivity contribution in [2.45, 2.75) is 71.1 Å². The number of carbonyl (C=O) groups is 1. The Morgan fingerprint density at radius 3 is 1.91 bits per heavy atom. The molecule has 0 aliphatic heterocycles. The molecule has 0 heterocycles. The molecule has 3 heteroatoms. The zero-order valence-corrected chi connectivity index (χ0v) is 15.4. The van der Waals surface area contributed by atoms with E-state index in [2.05, 4.69) is 11.8 Å². The van der Waals surface area contributed by atoms with Crippen LogP contribution in [-0.4, -0.2) is 18.3 Å². The molecule has 0 aliphatic carbocycles. The maximum atomic E-state index is 11.2. The molecule has 0 spiro atoms. The van der Waals surface area contributed by atoms with Crippen molar-refractivity contribution < 1.29 is 4.79 Å². The van der Waals surface area contributed by atoms with Crippen LogP contribution in [0.1, 0.15) is 71.1 Å². The summed E-state index contributed by atoms with van der Waals surface area (Å²) in [5, 5.41) is -0.291. The maximum absolute atomic E-state index is 11.2. The van der Waals surface area contributed by atoms with Crippen molar-refractivity contribution in [1.29, 1.82) is 0 Å². The number of halogens is 1. The molecule has 23 heavy (non-hydrogen) atoms. The Morgan fingerprint density at radius 1 is 0.870 bits per heavy atom. The Hall–Kier alpha value is -1.02. The minimum Gasteiger partial charge on any atom is -0.363 e. The lowest BCUT2D eigenvalue weighted by Gasteiger charge is -2.23. The number of hydrogen-bond acceptors (Lipinski definition) is 2. The van der Waals surface area contributed by atoms with Gasteiger partial charge in [-0.1, -0.05) is 82.9 Å². The molecule has 1 rings (SSSR count). The zero-order valence-electron chi connectivity index (χ0n) is 14.6. The third kappa shape index (κ3) is 10.4. The third-order valence-electron chi connectivity index (χ3n) is 4.22. The monoisotopic (exact) mass is 337 g/mol. The molecule has 0 unspecified atom stereocenters. The summed E-state index contributed by atoms with van der Waals surface area (Å²) in [5.41, 5.74) is 1.08. The third-order valence-corrected chi connectivity index (χ3v) is 4.34. The quantitative estimate of drug-likeness (QED) is 0.298. The van der Waals surface area contributed by atoms with Gasteiger partial charge in [-0.15, -0.1) is 0 Å². The molecule has 0 atom stereocenters. The maximum Gasteiger partial charge on any atom is 0.240 e. The predicted molar refractivity (Wildman–Crippen MR) is 101 cm³/mol. The number of carbonyl (C=O) groups excluding carboxylic acids is 1. The molecule has 1 aromatic carbocycles. The second-order valence-corrected chi connectivity index (χ2v) is 6.72. The molecule has 0 amide bonds. The van der Waals surface area contributed by atoms with Crippen molar-refractivity contribution in [2.24, 2.45) is 0 Å². The van der Waals surface area contributed by atoms with Crippen LogP contribution >= 0.6 is 11.6 Å². The van der Waals surface area contributed by atoms with E-state index in [4.69, 9.17) is 11.6 Å². The van der Waals surface area contributed by atoms with Crippen molar-refractivity contribution in [2.75, 3.05) is 18.0 Å². The van der Waals surface area contributed by atoms with E-state index in [1.165, 1.54) is 57.8 Å². The van der Waals surface area contributed by atoms with Crippen LogP contribution < -0.4 is 4.90 Å². The Kier molecular flexibility index (Phi) is 11.7. The standard InChI is InChI=1S/C20H32ClNO/c1-2-3-4-5-6-7-8-9-10-14-17-22(18-20(21)23)19-15-12-11-13-16-19/h11-13,15-16H,2-10,14,17-18H2,1H3. The van der Waals surface area contributed by atoms with Gasteiger partial charge in [0.25, 0.3) is 0 Å². The summed E-state index contributed by atoms with van der Waals surface area (Å²) >= 11 is 5.58. The summed E-state index contributed by atoms with van der Waals surface area (Å²) in [6.07, 6.45) is 13.2. The van der Waals surface area contributed by atoms with E-state index in [0.717, 1.165) is 18.7 Å². The Labute approximate surface area is 147 Å². The molecular formula is C20H32ClNO. The highest BCUT2D eigenvalue weighted by Gasteiger charge is 2.09. The first kappa shape index (κ1) is 20.0. The molecule has 0 saturated heterocycles. The first-order chi connectivity index (χ1) is 11.2. The van der Waals surface area contributed by atoms with Gasteiger partial charge >= 0.3 is 0 Å². The highest BCUT2D eigenvalue weighted by Crippen LogP contribution is 2.16. The number of unbranched alkanes of at least 4 members (excludes halogenated alkanes) is 9. The minimum atomic E-state index is -0.291. The van der Waals surface area contributed by atoms with E-state index < -0.39 is 0 Å². The summed E-state index contributed by atoms with van der Waals surface area (Å²) in [4.78, 5) is 13.3. The summed E-state index contributed by atoms with van der Waals surface area (Å²) in [6.45, 7) is 3.46. The molecule has 0 fully saturated rings. The lowest BCUT2D eigenvalue weighted by Crippen LogP contribution is -2.28. The normalized spacial score (nSPS) is 10.7. The largest absolute Gasteiger partial charge is 0.363 e. The SMILES string of the molecule is CCCCCCCCCCCCN(CC(=O)Cl)c1ccccc1. The second kappa shape index (κ2) is 13.4. The molecule has 0 N–H and O–H groups in total. The smallest absolute Gasteiger partial charge is 0.240 e. The lowest BCUT2D eigenvalue weighted by atomic mass is 10.1. The fourth-order valence-electron chi connectivity index (χ4n) is 2.88. The first-order valence-electron chi connectivity index (χ1n) is 9.22. The van der Waals surface area contributed by atoms with Gasteiger partial charge in [-0.25, -0.2) is 0 Å². The van der Waals surface area contributed by atoms with Gasteiger partial charge in [0.05, 0.1) is 6.54 Å². The van der Waals surface area contributed by atoms with Gasteiger partial charge in [0.1, 0.15) is 0 Å². The van der Waals surface area contributed by atoms with E-state index in [1.54, 1.807) is 0 Å².